The number of carbonyl (C=O) groups excluding carboxylic acids is 1. The van der Waals surface area contributed by atoms with Gasteiger partial charge in [0.1, 0.15) is 5.01 Å². The third kappa shape index (κ3) is 3.34. The third-order valence-electron chi connectivity index (χ3n) is 4.17. The lowest BCUT2D eigenvalue weighted by atomic mass is 10.1. The Morgan fingerprint density at radius 2 is 1.92 bits per heavy atom. The maximum absolute atomic E-state index is 12.6. The van der Waals surface area contributed by atoms with E-state index in [0.717, 1.165) is 38.4 Å². The van der Waals surface area contributed by atoms with Crippen molar-refractivity contribution >= 4 is 33.8 Å². The van der Waals surface area contributed by atoms with E-state index in [1.54, 1.807) is 17.5 Å². The van der Waals surface area contributed by atoms with Gasteiger partial charge in [0.2, 0.25) is 5.91 Å². The molecule has 0 unspecified atom stereocenters. The maximum atomic E-state index is 12.6. The van der Waals surface area contributed by atoms with Crippen LogP contribution >= 0.6 is 11.3 Å². The average Bonchev–Trinajstić information content (AvgIpc) is 3.13. The van der Waals surface area contributed by atoms with Crippen LogP contribution in [0, 0.1) is 6.92 Å². The monoisotopic (exact) mass is 359 g/mol. The lowest BCUT2D eigenvalue weighted by Crippen LogP contribution is -2.15. The quantitative estimate of drug-likeness (QED) is 0.567. The predicted octanol–water partition coefficient (Wildman–Crippen LogP) is 4.85. The van der Waals surface area contributed by atoms with Gasteiger partial charge < -0.3 is 5.32 Å². The summed E-state index contributed by atoms with van der Waals surface area (Å²) in [6, 6.07) is 17.8. The van der Waals surface area contributed by atoms with Gasteiger partial charge in [-0.2, -0.15) is 0 Å². The summed E-state index contributed by atoms with van der Waals surface area (Å²) in [6.45, 7) is 1.98. The van der Waals surface area contributed by atoms with Gasteiger partial charge in [-0.15, -0.1) is 11.3 Å². The highest BCUT2D eigenvalue weighted by Gasteiger charge is 2.12. The second kappa shape index (κ2) is 7.06. The molecule has 0 radical (unpaired) electrons. The van der Waals surface area contributed by atoms with Crippen LogP contribution < -0.4 is 5.32 Å². The van der Waals surface area contributed by atoms with Crippen molar-refractivity contribution < 1.29 is 4.79 Å². The summed E-state index contributed by atoms with van der Waals surface area (Å²) >= 11 is 1.56. The van der Waals surface area contributed by atoms with Crippen LogP contribution in [0.1, 0.15) is 11.3 Å². The minimum atomic E-state index is -0.0747. The molecule has 2 heterocycles. The Balaban J connectivity index is 1.54. The first-order valence-electron chi connectivity index (χ1n) is 8.35. The highest BCUT2D eigenvalue weighted by atomic mass is 32.1. The number of anilines is 1. The zero-order valence-corrected chi connectivity index (χ0v) is 15.1. The number of fused-ring (bicyclic) bond motifs is 1. The summed E-state index contributed by atoms with van der Waals surface area (Å²) in [4.78, 5) is 21.5. The maximum Gasteiger partial charge on any atom is 0.230 e. The zero-order valence-electron chi connectivity index (χ0n) is 14.3. The van der Waals surface area contributed by atoms with Crippen molar-refractivity contribution in [3.63, 3.8) is 0 Å². The number of aryl methyl sites for hydroxylation is 1. The number of rotatable bonds is 4. The molecule has 0 spiro atoms. The van der Waals surface area contributed by atoms with Crippen molar-refractivity contribution in [2.24, 2.45) is 0 Å². The van der Waals surface area contributed by atoms with Gasteiger partial charge in [-0.25, -0.2) is 4.98 Å². The SMILES string of the molecule is Cc1ccc2ncccc2c1NC(=O)Cc1csc(-c2ccccc2)n1. The minimum Gasteiger partial charge on any atom is -0.325 e. The average molecular weight is 359 g/mol. The minimum absolute atomic E-state index is 0.0747. The lowest BCUT2D eigenvalue weighted by molar-refractivity contribution is -0.115. The number of aromatic nitrogens is 2. The molecule has 0 bridgehead atoms. The van der Waals surface area contributed by atoms with Crippen LogP contribution in [0.3, 0.4) is 0 Å². The van der Waals surface area contributed by atoms with Gasteiger partial charge in [-0.3, -0.25) is 9.78 Å². The molecule has 0 fully saturated rings. The molecule has 0 aliphatic carbocycles. The van der Waals surface area contributed by atoms with Gasteiger partial charge in [0.15, 0.2) is 0 Å². The molecule has 128 valence electrons. The zero-order chi connectivity index (χ0) is 17.9. The molecular formula is C21H17N3OS. The van der Waals surface area contributed by atoms with Gasteiger partial charge in [0.05, 0.1) is 23.3 Å². The Labute approximate surface area is 155 Å². The number of nitrogens with one attached hydrogen (secondary N) is 1. The van der Waals surface area contributed by atoms with Crippen LogP contribution in [0.25, 0.3) is 21.5 Å². The van der Waals surface area contributed by atoms with Crippen LogP contribution in [0.2, 0.25) is 0 Å². The van der Waals surface area contributed by atoms with Gasteiger partial charge in [-0.05, 0) is 30.7 Å². The normalized spacial score (nSPS) is 10.8. The second-order valence-corrected chi connectivity index (χ2v) is 6.92. The number of hydrogen-bond acceptors (Lipinski definition) is 4. The number of hydrogen-bond donors (Lipinski definition) is 1. The fourth-order valence-corrected chi connectivity index (χ4v) is 3.70. The molecular weight excluding hydrogens is 342 g/mol. The first-order valence-corrected chi connectivity index (χ1v) is 9.23. The summed E-state index contributed by atoms with van der Waals surface area (Å²) in [5, 5.41) is 6.86. The smallest absolute Gasteiger partial charge is 0.230 e. The van der Waals surface area contributed by atoms with Gasteiger partial charge in [-0.1, -0.05) is 36.4 Å². The third-order valence-corrected chi connectivity index (χ3v) is 5.11. The lowest BCUT2D eigenvalue weighted by Gasteiger charge is -2.11. The van der Waals surface area contributed by atoms with Crippen molar-refractivity contribution in [3.8, 4) is 10.6 Å². The standard InChI is InChI=1S/C21H17N3OS/c1-14-9-10-18-17(8-5-11-22-18)20(14)24-19(25)12-16-13-26-21(23-16)15-6-3-2-4-7-15/h2-11,13H,12H2,1H3,(H,24,25). The van der Waals surface area contributed by atoms with Crippen molar-refractivity contribution in [2.75, 3.05) is 5.32 Å². The van der Waals surface area contributed by atoms with E-state index >= 15 is 0 Å². The number of nitrogens with zero attached hydrogens (tertiary/aromatic N) is 2. The fourth-order valence-electron chi connectivity index (χ4n) is 2.88. The van der Waals surface area contributed by atoms with Crippen molar-refractivity contribution in [2.45, 2.75) is 13.3 Å². The molecule has 0 aliphatic rings. The topological polar surface area (TPSA) is 54.9 Å². The Hall–Kier alpha value is -3.05. The van der Waals surface area contributed by atoms with Crippen LogP contribution in [0.4, 0.5) is 5.69 Å². The summed E-state index contributed by atoms with van der Waals surface area (Å²) in [6.07, 6.45) is 2.00. The first kappa shape index (κ1) is 16.4. The highest BCUT2D eigenvalue weighted by Crippen LogP contribution is 2.27. The molecule has 4 nitrogen and oxygen atoms in total. The van der Waals surface area contributed by atoms with Gasteiger partial charge in [0.25, 0.3) is 0 Å². The number of benzene rings is 2. The molecule has 4 rings (SSSR count). The molecule has 26 heavy (non-hydrogen) atoms. The Kier molecular flexibility index (Phi) is 4.46. The largest absolute Gasteiger partial charge is 0.325 e. The van der Waals surface area contributed by atoms with Crippen molar-refractivity contribution in [1.29, 1.82) is 0 Å². The number of amides is 1. The molecule has 4 aromatic rings. The highest BCUT2D eigenvalue weighted by molar-refractivity contribution is 7.13. The molecule has 0 aliphatic heterocycles. The van der Waals surface area contributed by atoms with E-state index in [1.165, 1.54) is 0 Å². The first-order chi connectivity index (χ1) is 12.7. The van der Waals surface area contributed by atoms with E-state index in [-0.39, 0.29) is 12.3 Å². The summed E-state index contributed by atoms with van der Waals surface area (Å²) in [5.74, 6) is -0.0747. The van der Waals surface area contributed by atoms with E-state index in [1.807, 2.05) is 66.9 Å². The van der Waals surface area contributed by atoms with Gasteiger partial charge >= 0.3 is 0 Å². The molecule has 2 aromatic carbocycles. The van der Waals surface area contributed by atoms with Crippen LogP contribution in [0.15, 0.2) is 66.2 Å². The molecule has 1 N–H and O–H groups in total. The molecule has 0 atom stereocenters. The van der Waals surface area contributed by atoms with E-state index in [2.05, 4.69) is 15.3 Å². The summed E-state index contributed by atoms with van der Waals surface area (Å²) < 4.78 is 0. The Morgan fingerprint density at radius 3 is 2.77 bits per heavy atom. The molecule has 2 aromatic heterocycles. The fraction of sp³-hybridized carbons (Fsp3) is 0.0952. The Bertz CT molecular complexity index is 1070. The van der Waals surface area contributed by atoms with E-state index in [0.29, 0.717) is 0 Å². The molecule has 0 saturated carbocycles. The van der Waals surface area contributed by atoms with Crippen LogP contribution in [0.5, 0.6) is 0 Å². The summed E-state index contributed by atoms with van der Waals surface area (Å²) in [5.41, 5.74) is 4.55. The van der Waals surface area contributed by atoms with Crippen molar-refractivity contribution in [3.05, 3.63) is 77.4 Å². The molecule has 1 amide bonds. The second-order valence-electron chi connectivity index (χ2n) is 6.06. The Morgan fingerprint density at radius 1 is 1.08 bits per heavy atom. The van der Waals surface area contributed by atoms with Crippen molar-refractivity contribution in [1.82, 2.24) is 9.97 Å². The van der Waals surface area contributed by atoms with Gasteiger partial charge in [0, 0.05) is 22.5 Å². The van der Waals surface area contributed by atoms with E-state index < -0.39 is 0 Å². The predicted molar refractivity (Wildman–Crippen MR) is 106 cm³/mol. The number of carbonyl (C=O) groups is 1. The summed E-state index contributed by atoms with van der Waals surface area (Å²) in [7, 11) is 0. The number of thiazole rings is 1. The van der Waals surface area contributed by atoms with E-state index in [4.69, 9.17) is 0 Å². The van der Waals surface area contributed by atoms with Crippen LogP contribution in [-0.4, -0.2) is 15.9 Å². The number of pyridine rings is 1. The van der Waals surface area contributed by atoms with E-state index in [9.17, 15) is 4.79 Å². The molecule has 5 heteroatoms. The van der Waals surface area contributed by atoms with Crippen LogP contribution in [-0.2, 0) is 11.2 Å². The molecule has 0 saturated heterocycles.